The third-order valence-electron chi connectivity index (χ3n) is 4.26. The molecule has 0 heterocycles. The first-order valence-electron chi connectivity index (χ1n) is 7.14. The van der Waals surface area contributed by atoms with E-state index in [1.165, 1.54) is 36.0 Å². The fraction of sp³-hybridized carbons (Fsp3) is 0.625. The van der Waals surface area contributed by atoms with Crippen LogP contribution in [0.25, 0.3) is 0 Å². The molecule has 0 spiro atoms. The third kappa shape index (κ3) is 2.93. The Kier molecular flexibility index (Phi) is 4.41. The van der Waals surface area contributed by atoms with Crippen molar-refractivity contribution in [2.24, 2.45) is 11.7 Å². The molecule has 100 valence electrons. The van der Waals surface area contributed by atoms with E-state index in [0.29, 0.717) is 18.6 Å². The molecule has 3 unspecified atom stereocenters. The van der Waals surface area contributed by atoms with Crippen LogP contribution >= 0.6 is 0 Å². The Balaban J connectivity index is 2.13. The predicted molar refractivity (Wildman–Crippen MR) is 77.7 cm³/mol. The van der Waals surface area contributed by atoms with Gasteiger partial charge in [0, 0.05) is 18.6 Å². The molecule has 2 nitrogen and oxygen atoms in total. The summed E-state index contributed by atoms with van der Waals surface area (Å²) < 4.78 is 0. The van der Waals surface area contributed by atoms with Gasteiger partial charge in [-0.25, -0.2) is 0 Å². The van der Waals surface area contributed by atoms with Crippen molar-refractivity contribution >= 4 is 0 Å². The lowest BCUT2D eigenvalue weighted by Crippen LogP contribution is -2.36. The summed E-state index contributed by atoms with van der Waals surface area (Å²) in [5.74, 6) is 0.860. The first-order chi connectivity index (χ1) is 8.61. The zero-order valence-corrected chi connectivity index (χ0v) is 11.9. The minimum Gasteiger partial charge on any atom is -0.329 e. The van der Waals surface area contributed by atoms with Gasteiger partial charge in [0.05, 0.1) is 0 Å². The highest BCUT2D eigenvalue weighted by Gasteiger charge is 2.24. The largest absolute Gasteiger partial charge is 0.329 e. The Bertz CT molecular complexity index is 380. The van der Waals surface area contributed by atoms with Gasteiger partial charge in [-0.05, 0) is 55.7 Å². The van der Waals surface area contributed by atoms with E-state index in [1.807, 2.05) is 0 Å². The van der Waals surface area contributed by atoms with Gasteiger partial charge in [-0.15, -0.1) is 0 Å². The molecule has 0 saturated heterocycles. The van der Waals surface area contributed by atoms with Crippen LogP contribution in [0, 0.1) is 19.8 Å². The molecule has 1 aliphatic carbocycles. The van der Waals surface area contributed by atoms with Crippen LogP contribution in [0.5, 0.6) is 0 Å². The van der Waals surface area contributed by atoms with Crippen molar-refractivity contribution in [1.29, 1.82) is 0 Å². The average Bonchev–Trinajstić information content (AvgIpc) is 2.73. The molecular weight excluding hydrogens is 220 g/mol. The molecule has 3 N–H and O–H groups in total. The smallest absolute Gasteiger partial charge is 0.0451 e. The van der Waals surface area contributed by atoms with Gasteiger partial charge in [0.2, 0.25) is 0 Å². The van der Waals surface area contributed by atoms with Crippen LogP contribution in [0.4, 0.5) is 0 Å². The number of aryl methyl sites for hydroxylation is 2. The molecule has 2 heteroatoms. The van der Waals surface area contributed by atoms with Crippen LogP contribution in [-0.4, -0.2) is 12.6 Å². The van der Waals surface area contributed by atoms with Gasteiger partial charge in [0.15, 0.2) is 0 Å². The number of hydrogen-bond acceptors (Lipinski definition) is 2. The minimum atomic E-state index is 0.307. The second kappa shape index (κ2) is 5.85. The molecule has 0 bridgehead atoms. The maximum absolute atomic E-state index is 5.99. The Labute approximate surface area is 111 Å². The molecule has 0 aliphatic heterocycles. The first kappa shape index (κ1) is 13.6. The van der Waals surface area contributed by atoms with Crippen LogP contribution in [-0.2, 0) is 0 Å². The van der Waals surface area contributed by atoms with Gasteiger partial charge < -0.3 is 11.1 Å². The summed E-state index contributed by atoms with van der Waals surface area (Å²) >= 11 is 0. The molecule has 3 atom stereocenters. The van der Waals surface area contributed by atoms with E-state index in [9.17, 15) is 0 Å². The summed E-state index contributed by atoms with van der Waals surface area (Å²) in [6.45, 7) is 7.39. The molecule has 1 aliphatic rings. The Morgan fingerprint density at radius 1 is 1.28 bits per heavy atom. The van der Waals surface area contributed by atoms with Gasteiger partial charge in [0.25, 0.3) is 0 Å². The van der Waals surface area contributed by atoms with Crippen LogP contribution < -0.4 is 11.1 Å². The molecule has 2 rings (SSSR count). The van der Waals surface area contributed by atoms with Crippen molar-refractivity contribution in [3.8, 4) is 0 Å². The molecule has 0 amide bonds. The molecule has 0 radical (unpaired) electrons. The fourth-order valence-electron chi connectivity index (χ4n) is 3.29. The van der Waals surface area contributed by atoms with Crippen molar-refractivity contribution in [3.63, 3.8) is 0 Å². The lowest BCUT2D eigenvalue weighted by molar-refractivity contribution is 0.432. The summed E-state index contributed by atoms with van der Waals surface area (Å²) in [4.78, 5) is 0. The number of hydrogen-bond donors (Lipinski definition) is 2. The molecule has 18 heavy (non-hydrogen) atoms. The van der Waals surface area contributed by atoms with Crippen molar-refractivity contribution in [1.82, 2.24) is 5.32 Å². The van der Waals surface area contributed by atoms with Gasteiger partial charge >= 0.3 is 0 Å². The summed E-state index contributed by atoms with van der Waals surface area (Å²) in [5.41, 5.74) is 10.1. The number of benzene rings is 1. The predicted octanol–water partition coefficient (Wildman–Crippen LogP) is 3.08. The Morgan fingerprint density at radius 2 is 1.94 bits per heavy atom. The molecule has 1 saturated carbocycles. The molecule has 1 aromatic carbocycles. The minimum absolute atomic E-state index is 0.307. The quantitative estimate of drug-likeness (QED) is 0.857. The number of rotatable bonds is 4. The second-order valence-corrected chi connectivity index (χ2v) is 5.88. The standard InChI is InChI=1S/C16H26N2/c1-11-7-8-14(9-11)18-15(10-17)16-12(2)5-4-6-13(16)3/h4-6,11,14-15,18H,7-10,17H2,1-3H3. The van der Waals surface area contributed by atoms with Gasteiger partial charge in [-0.1, -0.05) is 25.1 Å². The highest BCUT2D eigenvalue weighted by Crippen LogP contribution is 2.28. The van der Waals surface area contributed by atoms with Crippen LogP contribution in [0.15, 0.2) is 18.2 Å². The zero-order chi connectivity index (χ0) is 13.1. The number of nitrogens with two attached hydrogens (primary N) is 1. The monoisotopic (exact) mass is 246 g/mol. The Morgan fingerprint density at radius 3 is 2.44 bits per heavy atom. The highest BCUT2D eigenvalue weighted by molar-refractivity contribution is 5.36. The summed E-state index contributed by atoms with van der Waals surface area (Å²) in [5, 5.41) is 3.77. The summed E-state index contributed by atoms with van der Waals surface area (Å²) in [6, 6.07) is 7.45. The first-order valence-corrected chi connectivity index (χ1v) is 7.14. The normalized spacial score (nSPS) is 25.3. The molecule has 1 fully saturated rings. The molecule has 0 aromatic heterocycles. The maximum Gasteiger partial charge on any atom is 0.0451 e. The van der Waals surface area contributed by atoms with E-state index in [1.54, 1.807) is 0 Å². The van der Waals surface area contributed by atoms with Crippen molar-refractivity contribution in [3.05, 3.63) is 34.9 Å². The lowest BCUT2D eigenvalue weighted by Gasteiger charge is -2.25. The van der Waals surface area contributed by atoms with Crippen molar-refractivity contribution in [2.45, 2.75) is 52.1 Å². The topological polar surface area (TPSA) is 38.0 Å². The maximum atomic E-state index is 5.99. The summed E-state index contributed by atoms with van der Waals surface area (Å²) in [7, 11) is 0. The SMILES string of the molecule is Cc1cccc(C)c1C(CN)NC1CCC(C)C1. The highest BCUT2D eigenvalue weighted by atomic mass is 15.0. The molecule has 1 aromatic rings. The van der Waals surface area contributed by atoms with E-state index in [2.05, 4.69) is 44.3 Å². The fourth-order valence-corrected chi connectivity index (χ4v) is 3.29. The van der Waals surface area contributed by atoms with Gasteiger partial charge in [-0.3, -0.25) is 0 Å². The average molecular weight is 246 g/mol. The van der Waals surface area contributed by atoms with Gasteiger partial charge in [0.1, 0.15) is 0 Å². The van der Waals surface area contributed by atoms with E-state index in [0.717, 1.165) is 5.92 Å². The van der Waals surface area contributed by atoms with Crippen LogP contribution in [0.2, 0.25) is 0 Å². The third-order valence-corrected chi connectivity index (χ3v) is 4.26. The summed E-state index contributed by atoms with van der Waals surface area (Å²) in [6.07, 6.45) is 3.94. The van der Waals surface area contributed by atoms with Crippen molar-refractivity contribution < 1.29 is 0 Å². The van der Waals surface area contributed by atoms with Crippen molar-refractivity contribution in [2.75, 3.05) is 6.54 Å². The molecular formula is C16H26N2. The second-order valence-electron chi connectivity index (χ2n) is 5.88. The van der Waals surface area contributed by atoms with Crippen LogP contribution in [0.1, 0.15) is 48.9 Å². The van der Waals surface area contributed by atoms with Gasteiger partial charge in [-0.2, -0.15) is 0 Å². The number of nitrogens with one attached hydrogen (secondary N) is 1. The van der Waals surface area contributed by atoms with Crippen LogP contribution in [0.3, 0.4) is 0 Å². The van der Waals surface area contributed by atoms with E-state index < -0.39 is 0 Å². The lowest BCUT2D eigenvalue weighted by atomic mass is 9.95. The zero-order valence-electron chi connectivity index (χ0n) is 11.9. The van der Waals surface area contributed by atoms with E-state index in [4.69, 9.17) is 5.73 Å². The van der Waals surface area contributed by atoms with E-state index >= 15 is 0 Å². The Hall–Kier alpha value is -0.860. The van der Waals surface area contributed by atoms with E-state index in [-0.39, 0.29) is 0 Å².